The second-order valence-electron chi connectivity index (χ2n) is 7.85. The summed E-state index contributed by atoms with van der Waals surface area (Å²) in [6, 6.07) is 6.53. The Labute approximate surface area is 206 Å². The fraction of sp³-hybridized carbons (Fsp3) is 0.600. The predicted octanol–water partition coefficient (Wildman–Crippen LogP) is 3.27. The maximum absolute atomic E-state index is 10.8. The minimum atomic E-state index is -0.870. The molecule has 0 amide bonds. The first kappa shape index (κ1) is 34.3. The molecule has 2 unspecified atom stereocenters. The molecule has 200 valence electrons. The van der Waals surface area contributed by atoms with Gasteiger partial charge in [-0.15, -0.1) is 0 Å². The average molecular weight is 501 g/mol. The summed E-state index contributed by atoms with van der Waals surface area (Å²) < 4.78 is 4.35. The molecule has 0 radical (unpaired) electrons. The Hall–Kier alpha value is -2.82. The van der Waals surface area contributed by atoms with Gasteiger partial charge in [-0.3, -0.25) is 9.59 Å². The van der Waals surface area contributed by atoms with Crippen LogP contribution in [0.3, 0.4) is 0 Å². The normalized spacial score (nSPS) is 12.9. The number of aliphatic carboxylic acids is 2. The van der Waals surface area contributed by atoms with Crippen molar-refractivity contribution in [3.05, 3.63) is 35.4 Å². The van der Waals surface area contributed by atoms with E-state index >= 15 is 0 Å². The van der Waals surface area contributed by atoms with E-state index in [2.05, 4.69) is 18.6 Å². The molecule has 2 rings (SSSR count). The van der Waals surface area contributed by atoms with Gasteiger partial charge in [0.1, 0.15) is 0 Å². The monoisotopic (exact) mass is 500 g/mol. The summed E-state index contributed by atoms with van der Waals surface area (Å²) in [5, 5.41) is 41.0. The van der Waals surface area contributed by atoms with Crippen LogP contribution in [-0.2, 0) is 14.3 Å². The topological polar surface area (TPSA) is 179 Å². The molecule has 0 aromatic heterocycles. The molecule has 0 fully saturated rings. The van der Waals surface area contributed by atoms with E-state index in [1.807, 2.05) is 0 Å². The molecule has 1 aromatic rings. The minimum Gasteiger partial charge on any atom is -0.481 e. The molecule has 10 heteroatoms. The first-order valence-electron chi connectivity index (χ1n) is 11.7. The van der Waals surface area contributed by atoms with Crippen LogP contribution in [0.5, 0.6) is 0 Å². The molecule has 2 atom stereocenters. The number of rotatable bonds is 11. The van der Waals surface area contributed by atoms with Crippen molar-refractivity contribution in [2.45, 2.75) is 78.2 Å². The van der Waals surface area contributed by atoms with Crippen LogP contribution < -0.4 is 0 Å². The number of hydrogen-bond donors (Lipinski definition) is 5. The number of aliphatic hydroxyl groups excluding tert-OH is 3. The summed E-state index contributed by atoms with van der Waals surface area (Å²) in [5.74, 6) is -2.28. The van der Waals surface area contributed by atoms with Crippen LogP contribution in [0.4, 0.5) is 0 Å². The van der Waals surface area contributed by atoms with E-state index in [4.69, 9.17) is 25.5 Å². The van der Waals surface area contributed by atoms with Crippen molar-refractivity contribution < 1.29 is 49.4 Å². The number of carbonyl (C=O) groups excluding carboxylic acids is 2. The SMILES string of the molecule is CC(O)CO.CCCCC(CC)CO.O=C(O)CCCCC(=O)O.O=C1OC(=O)c2ccccc21. The van der Waals surface area contributed by atoms with E-state index in [0.717, 1.165) is 6.42 Å². The van der Waals surface area contributed by atoms with E-state index < -0.39 is 30.0 Å². The number of cyclic esters (lactones) is 2. The highest BCUT2D eigenvalue weighted by molar-refractivity contribution is 6.14. The zero-order chi connectivity index (χ0) is 27.2. The van der Waals surface area contributed by atoms with Crippen molar-refractivity contribution >= 4 is 23.9 Å². The van der Waals surface area contributed by atoms with Crippen molar-refractivity contribution in [1.82, 2.24) is 0 Å². The molecule has 0 aliphatic carbocycles. The van der Waals surface area contributed by atoms with Crippen LogP contribution in [0.1, 0.15) is 92.9 Å². The second-order valence-corrected chi connectivity index (χ2v) is 7.85. The summed E-state index contributed by atoms with van der Waals surface area (Å²) in [7, 11) is 0. The highest BCUT2D eigenvalue weighted by atomic mass is 16.6. The quantitative estimate of drug-likeness (QED) is 0.172. The third-order valence-corrected chi connectivity index (χ3v) is 4.65. The fourth-order valence-corrected chi connectivity index (χ4v) is 2.50. The highest BCUT2D eigenvalue weighted by Gasteiger charge is 2.28. The summed E-state index contributed by atoms with van der Waals surface area (Å²) in [4.78, 5) is 41.5. The van der Waals surface area contributed by atoms with Gasteiger partial charge in [0.2, 0.25) is 0 Å². The van der Waals surface area contributed by atoms with Gasteiger partial charge in [-0.05, 0) is 44.2 Å². The molecule has 5 N–H and O–H groups in total. The Balaban J connectivity index is 0. The molecule has 1 heterocycles. The van der Waals surface area contributed by atoms with Gasteiger partial charge in [-0.25, -0.2) is 9.59 Å². The molecule has 0 spiro atoms. The second kappa shape index (κ2) is 21.7. The molecular formula is C25H40O10. The van der Waals surface area contributed by atoms with E-state index in [0.29, 0.717) is 36.5 Å². The first-order valence-corrected chi connectivity index (χ1v) is 11.7. The highest BCUT2D eigenvalue weighted by Crippen LogP contribution is 2.18. The van der Waals surface area contributed by atoms with E-state index in [1.165, 1.54) is 26.2 Å². The summed E-state index contributed by atoms with van der Waals surface area (Å²) in [6.07, 6.45) is 5.29. The summed E-state index contributed by atoms with van der Waals surface area (Å²) >= 11 is 0. The van der Waals surface area contributed by atoms with Gasteiger partial charge in [0.25, 0.3) is 0 Å². The lowest BCUT2D eigenvalue weighted by Crippen LogP contribution is -2.03. The third-order valence-electron chi connectivity index (χ3n) is 4.65. The van der Waals surface area contributed by atoms with Crippen LogP contribution in [0.25, 0.3) is 0 Å². The number of ether oxygens (including phenoxy) is 1. The van der Waals surface area contributed by atoms with Crippen LogP contribution >= 0.6 is 0 Å². The van der Waals surface area contributed by atoms with E-state index in [1.54, 1.807) is 24.3 Å². The molecule has 35 heavy (non-hydrogen) atoms. The zero-order valence-corrected chi connectivity index (χ0v) is 20.8. The van der Waals surface area contributed by atoms with Crippen LogP contribution in [-0.4, -0.2) is 68.7 Å². The largest absolute Gasteiger partial charge is 0.481 e. The van der Waals surface area contributed by atoms with Crippen molar-refractivity contribution in [3.63, 3.8) is 0 Å². The van der Waals surface area contributed by atoms with Crippen LogP contribution in [0, 0.1) is 5.92 Å². The Bertz CT molecular complexity index is 693. The Morgan fingerprint density at radius 1 is 0.857 bits per heavy atom. The lowest BCUT2D eigenvalue weighted by atomic mass is 10.0. The molecule has 0 saturated heterocycles. The zero-order valence-electron chi connectivity index (χ0n) is 20.8. The maximum Gasteiger partial charge on any atom is 0.346 e. The number of carboxylic acids is 2. The van der Waals surface area contributed by atoms with Gasteiger partial charge in [0, 0.05) is 19.4 Å². The van der Waals surface area contributed by atoms with E-state index in [9.17, 15) is 19.2 Å². The number of hydrogen-bond acceptors (Lipinski definition) is 8. The fourth-order valence-electron chi connectivity index (χ4n) is 2.50. The Morgan fingerprint density at radius 2 is 1.29 bits per heavy atom. The number of esters is 2. The Morgan fingerprint density at radius 3 is 1.57 bits per heavy atom. The van der Waals surface area contributed by atoms with Crippen molar-refractivity contribution in [1.29, 1.82) is 0 Å². The van der Waals surface area contributed by atoms with Crippen molar-refractivity contribution in [2.24, 2.45) is 5.92 Å². The molecule has 1 aliphatic heterocycles. The van der Waals surface area contributed by atoms with Crippen LogP contribution in [0.15, 0.2) is 24.3 Å². The standard InChI is InChI=1S/C8H4O3.C8H18O.C6H10O4.C3H8O2/c9-7-5-3-1-2-4-6(5)8(10)11-7;1-3-5-6-8(4-2)7-9;7-5(8)3-1-2-4-6(9)10;1-3(5)2-4/h1-4H;8-9H,3-7H2,1-2H3;1-4H2,(H,7,8)(H,9,10);3-5H,2H2,1H3. The van der Waals surface area contributed by atoms with E-state index in [-0.39, 0.29) is 19.4 Å². The van der Waals surface area contributed by atoms with Gasteiger partial charge < -0.3 is 30.3 Å². The predicted molar refractivity (Wildman–Crippen MR) is 129 cm³/mol. The maximum atomic E-state index is 10.8. The molecule has 1 aromatic carbocycles. The van der Waals surface area contributed by atoms with Crippen LogP contribution in [0.2, 0.25) is 0 Å². The summed E-state index contributed by atoms with van der Waals surface area (Å²) in [5.41, 5.74) is 0.718. The number of fused-ring (bicyclic) bond motifs is 1. The number of carbonyl (C=O) groups is 4. The van der Waals surface area contributed by atoms with Gasteiger partial charge >= 0.3 is 23.9 Å². The molecular weight excluding hydrogens is 460 g/mol. The van der Waals surface area contributed by atoms with Gasteiger partial charge in [-0.2, -0.15) is 0 Å². The number of benzene rings is 1. The minimum absolute atomic E-state index is 0.0628. The molecule has 0 saturated carbocycles. The van der Waals surface area contributed by atoms with Gasteiger partial charge in [0.15, 0.2) is 0 Å². The average Bonchev–Trinajstić information content (AvgIpc) is 3.12. The number of aliphatic hydroxyl groups is 3. The number of carboxylic acid groups (broad SMARTS) is 2. The smallest absolute Gasteiger partial charge is 0.346 e. The lowest BCUT2D eigenvalue weighted by molar-refractivity contribution is -0.139. The molecule has 1 aliphatic rings. The number of unbranched alkanes of at least 4 members (excludes halogenated alkanes) is 2. The van der Waals surface area contributed by atoms with Crippen molar-refractivity contribution in [3.8, 4) is 0 Å². The first-order chi connectivity index (χ1) is 16.5. The molecule has 10 nitrogen and oxygen atoms in total. The van der Waals surface area contributed by atoms with Gasteiger partial charge in [-0.1, -0.05) is 45.2 Å². The third kappa shape index (κ3) is 19.2. The summed E-state index contributed by atoms with van der Waals surface area (Å²) in [6.45, 7) is 6.08. The lowest BCUT2D eigenvalue weighted by Gasteiger charge is -2.08. The van der Waals surface area contributed by atoms with Crippen molar-refractivity contribution in [2.75, 3.05) is 13.2 Å². The van der Waals surface area contributed by atoms with Gasteiger partial charge in [0.05, 0.1) is 23.8 Å². The molecule has 0 bridgehead atoms. The Kier molecular flexibility index (Phi) is 21.3.